The fraction of sp³-hybridized carbons (Fsp3) is 0.300. The summed E-state index contributed by atoms with van der Waals surface area (Å²) in [5.74, 6) is 0.0471. The highest BCUT2D eigenvalue weighted by atomic mass is 79.9. The highest BCUT2D eigenvalue weighted by molar-refractivity contribution is 9.10. The molecule has 5 nitrogen and oxygen atoms in total. The molecule has 0 aromatic heterocycles. The molecule has 0 aliphatic rings. The molecule has 0 radical (unpaired) electrons. The van der Waals surface area contributed by atoms with E-state index in [2.05, 4.69) is 21.2 Å². The van der Waals surface area contributed by atoms with Crippen LogP contribution in [0.5, 0.6) is 5.75 Å². The Labute approximate surface area is 172 Å². The first-order chi connectivity index (χ1) is 12.8. The summed E-state index contributed by atoms with van der Waals surface area (Å²) >= 11 is 9.40. The molecule has 2 aromatic rings. The van der Waals surface area contributed by atoms with E-state index >= 15 is 0 Å². The van der Waals surface area contributed by atoms with E-state index in [-0.39, 0.29) is 18.4 Å². The number of rotatable bonds is 7. The van der Waals surface area contributed by atoms with Crippen molar-refractivity contribution in [2.45, 2.75) is 26.4 Å². The highest BCUT2D eigenvalue weighted by Crippen LogP contribution is 2.21. The van der Waals surface area contributed by atoms with Gasteiger partial charge in [-0.05, 0) is 55.3 Å². The summed E-state index contributed by atoms with van der Waals surface area (Å²) in [6, 6.07) is 12.2. The van der Waals surface area contributed by atoms with Gasteiger partial charge < -0.3 is 15.0 Å². The maximum Gasteiger partial charge on any atom is 0.261 e. The zero-order valence-corrected chi connectivity index (χ0v) is 17.8. The monoisotopic (exact) mass is 452 g/mol. The average molecular weight is 454 g/mol. The van der Waals surface area contributed by atoms with Gasteiger partial charge in [0.25, 0.3) is 5.91 Å². The Morgan fingerprint density at radius 3 is 2.48 bits per heavy atom. The molecule has 2 aromatic carbocycles. The van der Waals surface area contributed by atoms with Gasteiger partial charge in [-0.15, -0.1) is 0 Å². The standard InChI is InChI=1S/C20H22BrClN2O3/c1-13-10-17(8-9-18(13)22)27-12-19(25)24(14(2)20(26)23-3)11-15-4-6-16(21)7-5-15/h4-10,14H,11-12H2,1-3H3,(H,23,26). The summed E-state index contributed by atoms with van der Waals surface area (Å²) in [5.41, 5.74) is 1.79. The molecule has 144 valence electrons. The third-order valence-corrected chi connectivity index (χ3v) is 5.12. The summed E-state index contributed by atoms with van der Waals surface area (Å²) in [7, 11) is 1.55. The van der Waals surface area contributed by atoms with Crippen LogP contribution in [-0.2, 0) is 16.1 Å². The molecular formula is C20H22BrClN2O3. The number of aryl methyl sites for hydroxylation is 1. The van der Waals surface area contributed by atoms with Gasteiger partial charge in [0.05, 0.1) is 0 Å². The second-order valence-corrected chi connectivity index (χ2v) is 7.46. The van der Waals surface area contributed by atoms with Crippen LogP contribution >= 0.6 is 27.5 Å². The molecule has 0 saturated heterocycles. The predicted octanol–water partition coefficient (Wildman–Crippen LogP) is 3.95. The molecule has 0 spiro atoms. The lowest BCUT2D eigenvalue weighted by Gasteiger charge is -2.28. The van der Waals surface area contributed by atoms with Gasteiger partial charge in [0.15, 0.2) is 6.61 Å². The Bertz CT molecular complexity index is 811. The minimum atomic E-state index is -0.623. The average Bonchev–Trinajstić information content (AvgIpc) is 2.67. The number of amides is 2. The Morgan fingerprint density at radius 1 is 1.22 bits per heavy atom. The number of halogens is 2. The van der Waals surface area contributed by atoms with E-state index in [1.54, 1.807) is 32.2 Å². The minimum Gasteiger partial charge on any atom is -0.484 e. The summed E-state index contributed by atoms with van der Waals surface area (Å²) in [6.45, 7) is 3.70. The second-order valence-electron chi connectivity index (χ2n) is 6.14. The van der Waals surface area contributed by atoms with E-state index in [0.29, 0.717) is 17.3 Å². The van der Waals surface area contributed by atoms with Crippen molar-refractivity contribution in [3.8, 4) is 5.75 Å². The number of ether oxygens (including phenoxy) is 1. The molecule has 27 heavy (non-hydrogen) atoms. The van der Waals surface area contributed by atoms with Gasteiger partial charge in [0.1, 0.15) is 11.8 Å². The second kappa shape index (κ2) is 9.76. The number of nitrogens with one attached hydrogen (secondary N) is 1. The number of hydrogen-bond donors (Lipinski definition) is 1. The van der Waals surface area contributed by atoms with E-state index in [1.165, 1.54) is 4.90 Å². The molecule has 0 saturated carbocycles. The SMILES string of the molecule is CNC(=O)C(C)N(Cc1ccc(Br)cc1)C(=O)COc1ccc(Cl)c(C)c1. The van der Waals surface area contributed by atoms with E-state index < -0.39 is 6.04 Å². The van der Waals surface area contributed by atoms with Crippen LogP contribution in [0.2, 0.25) is 5.02 Å². The molecule has 1 unspecified atom stereocenters. The van der Waals surface area contributed by atoms with Gasteiger partial charge in [-0.2, -0.15) is 0 Å². The number of carbonyl (C=O) groups is 2. The lowest BCUT2D eigenvalue weighted by Crippen LogP contribution is -2.48. The van der Waals surface area contributed by atoms with E-state index in [9.17, 15) is 9.59 Å². The smallest absolute Gasteiger partial charge is 0.261 e. The van der Waals surface area contributed by atoms with Gasteiger partial charge in [-0.25, -0.2) is 0 Å². The van der Waals surface area contributed by atoms with Crippen molar-refractivity contribution in [1.29, 1.82) is 0 Å². The number of likely N-dealkylation sites (N-methyl/N-ethyl adjacent to an activating group) is 1. The van der Waals surface area contributed by atoms with Gasteiger partial charge in [-0.1, -0.05) is 39.7 Å². The molecule has 2 amide bonds. The molecule has 0 fully saturated rings. The van der Waals surface area contributed by atoms with Crippen LogP contribution in [0.15, 0.2) is 46.9 Å². The molecule has 1 atom stereocenters. The predicted molar refractivity (Wildman–Crippen MR) is 110 cm³/mol. The van der Waals surface area contributed by atoms with E-state index in [4.69, 9.17) is 16.3 Å². The number of hydrogen-bond acceptors (Lipinski definition) is 3. The maximum absolute atomic E-state index is 12.8. The molecule has 0 aliphatic heterocycles. The summed E-state index contributed by atoms with van der Waals surface area (Å²) in [5, 5.41) is 3.22. The maximum atomic E-state index is 12.8. The van der Waals surface area contributed by atoms with Crippen molar-refractivity contribution in [2.75, 3.05) is 13.7 Å². The fourth-order valence-corrected chi connectivity index (χ4v) is 2.89. The molecular weight excluding hydrogens is 432 g/mol. The van der Waals surface area contributed by atoms with Crippen LogP contribution in [0.3, 0.4) is 0 Å². The van der Waals surface area contributed by atoms with Crippen molar-refractivity contribution in [1.82, 2.24) is 10.2 Å². The molecule has 0 bridgehead atoms. The topological polar surface area (TPSA) is 58.6 Å². The first-order valence-electron chi connectivity index (χ1n) is 8.46. The van der Waals surface area contributed by atoms with Crippen LogP contribution in [-0.4, -0.2) is 36.4 Å². The van der Waals surface area contributed by atoms with Crippen molar-refractivity contribution in [3.63, 3.8) is 0 Å². The largest absolute Gasteiger partial charge is 0.484 e. The van der Waals surface area contributed by atoms with E-state index in [0.717, 1.165) is 15.6 Å². The minimum absolute atomic E-state index is 0.168. The van der Waals surface area contributed by atoms with Crippen LogP contribution in [0, 0.1) is 6.92 Å². The first kappa shape index (κ1) is 21.3. The number of carbonyl (C=O) groups excluding carboxylic acids is 2. The summed E-state index contributed by atoms with van der Waals surface area (Å²) in [4.78, 5) is 26.4. The van der Waals surface area contributed by atoms with Crippen LogP contribution in [0.25, 0.3) is 0 Å². The molecule has 0 heterocycles. The Morgan fingerprint density at radius 2 is 1.89 bits per heavy atom. The fourth-order valence-electron chi connectivity index (χ4n) is 2.51. The highest BCUT2D eigenvalue weighted by Gasteiger charge is 2.25. The van der Waals surface area contributed by atoms with Crippen LogP contribution < -0.4 is 10.1 Å². The zero-order valence-electron chi connectivity index (χ0n) is 15.5. The lowest BCUT2D eigenvalue weighted by molar-refractivity contribution is -0.142. The van der Waals surface area contributed by atoms with Gasteiger partial charge in [0.2, 0.25) is 5.91 Å². The Balaban J connectivity index is 2.12. The lowest BCUT2D eigenvalue weighted by atomic mass is 10.1. The quantitative estimate of drug-likeness (QED) is 0.690. The van der Waals surface area contributed by atoms with Crippen molar-refractivity contribution in [3.05, 3.63) is 63.1 Å². The van der Waals surface area contributed by atoms with Crippen LogP contribution in [0.4, 0.5) is 0 Å². The molecule has 2 rings (SSSR count). The normalized spacial score (nSPS) is 11.6. The number of nitrogens with zero attached hydrogens (tertiary/aromatic N) is 1. The van der Waals surface area contributed by atoms with Gasteiger partial charge in [-0.3, -0.25) is 9.59 Å². The first-order valence-corrected chi connectivity index (χ1v) is 9.63. The molecule has 7 heteroatoms. The third kappa shape index (κ3) is 5.97. The van der Waals surface area contributed by atoms with Crippen molar-refractivity contribution >= 4 is 39.3 Å². The third-order valence-electron chi connectivity index (χ3n) is 4.17. The summed E-state index contributed by atoms with van der Waals surface area (Å²) in [6.07, 6.45) is 0. The van der Waals surface area contributed by atoms with Gasteiger partial charge in [0, 0.05) is 23.1 Å². The van der Waals surface area contributed by atoms with Crippen molar-refractivity contribution in [2.24, 2.45) is 0 Å². The zero-order chi connectivity index (χ0) is 20.0. The Hall–Kier alpha value is -2.05. The van der Waals surface area contributed by atoms with Crippen LogP contribution in [0.1, 0.15) is 18.1 Å². The Kier molecular flexibility index (Phi) is 7.68. The molecule has 1 N–H and O–H groups in total. The van der Waals surface area contributed by atoms with Gasteiger partial charge >= 0.3 is 0 Å². The number of benzene rings is 2. The van der Waals surface area contributed by atoms with Crippen molar-refractivity contribution < 1.29 is 14.3 Å². The molecule has 0 aliphatic carbocycles. The summed E-state index contributed by atoms with van der Waals surface area (Å²) < 4.78 is 6.56. The van der Waals surface area contributed by atoms with E-state index in [1.807, 2.05) is 31.2 Å².